The van der Waals surface area contributed by atoms with Crippen LogP contribution in [0.4, 0.5) is 5.69 Å². The van der Waals surface area contributed by atoms with Crippen LogP contribution in [0.5, 0.6) is 17.2 Å². The van der Waals surface area contributed by atoms with E-state index < -0.39 is 10.9 Å². The molecule has 3 rings (SSSR count). The van der Waals surface area contributed by atoms with Gasteiger partial charge in [-0.05, 0) is 36.4 Å². The van der Waals surface area contributed by atoms with E-state index in [0.29, 0.717) is 27.8 Å². The van der Waals surface area contributed by atoms with Crippen molar-refractivity contribution in [3.63, 3.8) is 0 Å². The molecule has 6 heteroatoms. The van der Waals surface area contributed by atoms with Gasteiger partial charge in [-0.1, -0.05) is 11.6 Å². The van der Waals surface area contributed by atoms with Crippen molar-refractivity contribution in [1.82, 2.24) is 0 Å². The lowest BCUT2D eigenvalue weighted by molar-refractivity contribution is 0.413. The van der Waals surface area contributed by atoms with Crippen LogP contribution in [-0.2, 0) is 0 Å². The molecule has 0 aliphatic carbocycles. The summed E-state index contributed by atoms with van der Waals surface area (Å²) in [5.74, 6) is 1.57. The molecule has 3 aromatic carbocycles. The van der Waals surface area contributed by atoms with Gasteiger partial charge in [0.2, 0.25) is 10.9 Å². The molecule has 0 amide bonds. The highest BCUT2D eigenvalue weighted by molar-refractivity contribution is 6.30. The zero-order chi connectivity index (χ0) is 16.6. The highest BCUT2D eigenvalue weighted by Gasteiger charge is 2.23. The van der Waals surface area contributed by atoms with E-state index in [4.69, 9.17) is 26.8 Å². The summed E-state index contributed by atoms with van der Waals surface area (Å²) in [5, 5.41) is 0.439. The van der Waals surface area contributed by atoms with Crippen LogP contribution in [0.1, 0.15) is 0 Å². The molecular formula is C17H12ClNO4. The Morgan fingerprint density at radius 3 is 2.22 bits per heavy atom. The Balaban J connectivity index is 2.03. The molecule has 0 aromatic heterocycles. The highest BCUT2D eigenvalue weighted by atomic mass is 35.5. The number of anilines is 1. The first-order chi connectivity index (χ1) is 11.0. The fourth-order valence-corrected chi connectivity index (χ4v) is 2.40. The minimum Gasteiger partial charge on any atom is -0.497 e. The topological polar surface area (TPSA) is 78.6 Å². The molecule has 0 unspecified atom stereocenters. The van der Waals surface area contributed by atoms with Crippen LogP contribution in [-0.4, -0.2) is 7.11 Å². The summed E-state index contributed by atoms with van der Waals surface area (Å²) in [6.45, 7) is 0. The smallest absolute Gasteiger partial charge is 0.249 e. The Bertz CT molecular complexity index is 940. The van der Waals surface area contributed by atoms with E-state index in [-0.39, 0.29) is 11.3 Å². The van der Waals surface area contributed by atoms with E-state index in [2.05, 4.69) is 0 Å². The Kier molecular flexibility index (Phi) is 3.80. The average Bonchev–Trinajstić information content (AvgIpc) is 2.57. The third-order valence-corrected chi connectivity index (χ3v) is 3.68. The van der Waals surface area contributed by atoms with E-state index in [1.165, 1.54) is 0 Å². The third-order valence-electron chi connectivity index (χ3n) is 3.45. The van der Waals surface area contributed by atoms with Gasteiger partial charge < -0.3 is 15.2 Å². The maximum absolute atomic E-state index is 11.8. The largest absolute Gasteiger partial charge is 0.497 e. The van der Waals surface area contributed by atoms with E-state index in [9.17, 15) is 9.59 Å². The van der Waals surface area contributed by atoms with Crippen LogP contribution in [0.25, 0.3) is 11.1 Å². The second-order valence-corrected chi connectivity index (χ2v) is 5.30. The van der Waals surface area contributed by atoms with Crippen LogP contribution < -0.4 is 26.1 Å². The number of nitrogen functional groups attached to an aromatic ring is 1. The van der Waals surface area contributed by atoms with Gasteiger partial charge in [0.05, 0.1) is 18.4 Å². The summed E-state index contributed by atoms with van der Waals surface area (Å²) >= 11 is 6.00. The van der Waals surface area contributed by atoms with Crippen LogP contribution >= 0.6 is 11.6 Å². The molecule has 0 heterocycles. The molecular weight excluding hydrogens is 318 g/mol. The summed E-state index contributed by atoms with van der Waals surface area (Å²) in [6, 6.07) is 11.7. The number of rotatable bonds is 4. The standard InChI is InChI=1S/C17H12ClNO4/c1-22-10-3-5-11(6-4-10)23-13-8-9(18)2-7-12(13)14-15(19)17(21)16(14)20/h2-8H,19H2,1H3. The summed E-state index contributed by atoms with van der Waals surface area (Å²) in [6.07, 6.45) is 0. The fourth-order valence-electron chi connectivity index (χ4n) is 2.23. The maximum Gasteiger partial charge on any atom is 0.249 e. The van der Waals surface area contributed by atoms with Gasteiger partial charge in [-0.15, -0.1) is 0 Å². The second-order valence-electron chi connectivity index (χ2n) is 4.86. The van der Waals surface area contributed by atoms with Crippen molar-refractivity contribution in [2.75, 3.05) is 12.8 Å². The quantitative estimate of drug-likeness (QED) is 0.744. The second kappa shape index (κ2) is 5.78. The van der Waals surface area contributed by atoms with Crippen molar-refractivity contribution in [2.45, 2.75) is 0 Å². The predicted molar refractivity (Wildman–Crippen MR) is 89.3 cm³/mol. The minimum atomic E-state index is -0.676. The van der Waals surface area contributed by atoms with Gasteiger partial charge in [-0.2, -0.15) is 0 Å². The summed E-state index contributed by atoms with van der Waals surface area (Å²) < 4.78 is 10.9. The maximum atomic E-state index is 11.8. The number of methoxy groups -OCH3 is 1. The number of benzene rings is 2. The third kappa shape index (κ3) is 2.66. The molecule has 0 fully saturated rings. The SMILES string of the molecule is COc1ccc(Oc2cc(Cl)ccc2-c2c(N)c(=O)c2=O)cc1. The fraction of sp³-hybridized carbons (Fsp3) is 0.0588. The summed E-state index contributed by atoms with van der Waals surface area (Å²) in [4.78, 5) is 23.1. The van der Waals surface area contributed by atoms with E-state index in [1.807, 2.05) is 0 Å². The Hall–Kier alpha value is -2.79. The van der Waals surface area contributed by atoms with Gasteiger partial charge in [0.1, 0.15) is 17.2 Å². The highest BCUT2D eigenvalue weighted by Crippen LogP contribution is 2.36. The van der Waals surface area contributed by atoms with Crippen molar-refractivity contribution >= 4 is 17.3 Å². The van der Waals surface area contributed by atoms with Crippen LogP contribution in [0.2, 0.25) is 5.02 Å². The molecule has 0 aliphatic rings. The van der Waals surface area contributed by atoms with Crippen LogP contribution in [0.15, 0.2) is 52.1 Å². The molecule has 0 atom stereocenters. The molecule has 5 nitrogen and oxygen atoms in total. The lowest BCUT2D eigenvalue weighted by Crippen LogP contribution is -2.35. The van der Waals surface area contributed by atoms with E-state index in [0.717, 1.165) is 0 Å². The Morgan fingerprint density at radius 2 is 1.61 bits per heavy atom. The number of ether oxygens (including phenoxy) is 2. The van der Waals surface area contributed by atoms with Crippen molar-refractivity contribution in [1.29, 1.82) is 0 Å². The summed E-state index contributed by atoms with van der Waals surface area (Å²) in [7, 11) is 1.57. The van der Waals surface area contributed by atoms with Gasteiger partial charge in [0, 0.05) is 16.7 Å². The molecule has 0 saturated carbocycles. The van der Waals surface area contributed by atoms with Gasteiger partial charge in [-0.3, -0.25) is 9.59 Å². The molecule has 23 heavy (non-hydrogen) atoms. The Morgan fingerprint density at radius 1 is 0.957 bits per heavy atom. The predicted octanol–water partition coefficient (Wildman–Crippen LogP) is 2.99. The number of hydrogen-bond acceptors (Lipinski definition) is 5. The van der Waals surface area contributed by atoms with Gasteiger partial charge in [0.15, 0.2) is 0 Å². The van der Waals surface area contributed by atoms with Gasteiger partial charge in [-0.25, -0.2) is 0 Å². The molecule has 0 radical (unpaired) electrons. The zero-order valence-corrected chi connectivity index (χ0v) is 12.9. The van der Waals surface area contributed by atoms with E-state index in [1.54, 1.807) is 49.6 Å². The lowest BCUT2D eigenvalue weighted by Gasteiger charge is -2.14. The minimum absolute atomic E-state index is 0.0584. The first kappa shape index (κ1) is 15.1. The van der Waals surface area contributed by atoms with Gasteiger partial charge in [0.25, 0.3) is 0 Å². The van der Waals surface area contributed by atoms with Crippen molar-refractivity contribution in [3.05, 3.63) is 67.9 Å². The lowest BCUT2D eigenvalue weighted by atomic mass is 9.98. The molecule has 3 aromatic rings. The summed E-state index contributed by atoms with van der Waals surface area (Å²) in [5.41, 5.74) is 4.88. The van der Waals surface area contributed by atoms with Crippen molar-refractivity contribution in [3.8, 4) is 28.4 Å². The number of halogens is 1. The average molecular weight is 330 g/mol. The number of nitrogens with two attached hydrogens (primary N) is 1. The first-order valence-corrected chi connectivity index (χ1v) is 7.09. The molecule has 0 aliphatic heterocycles. The monoisotopic (exact) mass is 329 g/mol. The zero-order valence-electron chi connectivity index (χ0n) is 12.1. The van der Waals surface area contributed by atoms with E-state index >= 15 is 0 Å². The first-order valence-electron chi connectivity index (χ1n) is 6.72. The number of hydrogen-bond donors (Lipinski definition) is 1. The molecule has 0 saturated heterocycles. The Labute approximate surface area is 136 Å². The molecule has 116 valence electrons. The van der Waals surface area contributed by atoms with Gasteiger partial charge >= 0.3 is 0 Å². The van der Waals surface area contributed by atoms with Crippen molar-refractivity contribution < 1.29 is 9.47 Å². The normalized spacial score (nSPS) is 10.7. The molecule has 0 spiro atoms. The van der Waals surface area contributed by atoms with Crippen LogP contribution in [0, 0.1) is 0 Å². The molecule has 2 N–H and O–H groups in total. The molecule has 0 bridgehead atoms. The van der Waals surface area contributed by atoms with Crippen LogP contribution in [0.3, 0.4) is 0 Å². The van der Waals surface area contributed by atoms with Crippen molar-refractivity contribution in [2.24, 2.45) is 0 Å².